The lowest BCUT2D eigenvalue weighted by atomic mass is 9.27. The molecule has 0 saturated carbocycles. The minimum absolute atomic E-state index is 0.0153. The molecular weight excluding hydrogens is 522 g/mol. The zero-order valence-electron chi connectivity index (χ0n) is 21.2. The van der Waals surface area contributed by atoms with Crippen molar-refractivity contribution in [1.82, 2.24) is 0 Å². The van der Waals surface area contributed by atoms with Gasteiger partial charge in [-0.15, -0.1) is 0 Å². The van der Waals surface area contributed by atoms with Crippen LogP contribution in [0, 0.1) is 20.8 Å². The largest absolute Gasteiger partial charge is 0.577 e. The van der Waals surface area contributed by atoms with Gasteiger partial charge < -0.3 is 4.65 Å². The fourth-order valence-electron chi connectivity index (χ4n) is 4.89. The van der Waals surface area contributed by atoms with Crippen LogP contribution in [0.25, 0.3) is 0 Å². The van der Waals surface area contributed by atoms with Crippen molar-refractivity contribution < 1.29 is 44.2 Å². The quantitative estimate of drug-likeness (QED) is 0.246. The summed E-state index contributed by atoms with van der Waals surface area (Å²) >= 11 is 0. The van der Waals surface area contributed by atoms with E-state index in [1.807, 2.05) is 0 Å². The maximum absolute atomic E-state index is 13.9. The standard InChI is InChI=1S/C27H25BF9O/c1-15(2)38-28(22-8-16(3)6-17(4)9-22,23-10-18(5)7-19(12-23)25(29,30)31)24-13-20(26(32,33)34)11-21(14-24)27(35,36)37/h6-15H,1-5H3/q-1. The molecule has 3 aromatic carbocycles. The number of hydrogen-bond acceptors (Lipinski definition) is 1. The summed E-state index contributed by atoms with van der Waals surface area (Å²) in [5, 5.41) is 0. The topological polar surface area (TPSA) is 9.23 Å². The molecule has 0 heterocycles. The highest BCUT2D eigenvalue weighted by molar-refractivity contribution is 7.07. The highest BCUT2D eigenvalue weighted by atomic mass is 19.4. The molecule has 0 N–H and O–H groups in total. The SMILES string of the molecule is Cc1cc(C)cc([B-](OC(C)C)(c2cc(C)cc(C(F)(F)F)c2)c2cc(C(F)(F)F)cc(C(F)(F)F)c2)c1. The van der Waals surface area contributed by atoms with E-state index in [-0.39, 0.29) is 22.6 Å². The van der Waals surface area contributed by atoms with Crippen molar-refractivity contribution in [3.63, 3.8) is 0 Å². The van der Waals surface area contributed by atoms with E-state index < -0.39 is 53.1 Å². The highest BCUT2D eigenvalue weighted by Gasteiger charge is 2.41. The maximum Gasteiger partial charge on any atom is 0.416 e. The fraction of sp³-hybridized carbons (Fsp3) is 0.333. The van der Waals surface area contributed by atoms with E-state index in [4.69, 9.17) is 4.65 Å². The summed E-state index contributed by atoms with van der Waals surface area (Å²) in [7, 11) is 0. The van der Waals surface area contributed by atoms with E-state index in [1.54, 1.807) is 19.9 Å². The Kier molecular flexibility index (Phi) is 7.78. The van der Waals surface area contributed by atoms with E-state index >= 15 is 0 Å². The zero-order chi connectivity index (χ0) is 28.8. The van der Waals surface area contributed by atoms with Crippen molar-refractivity contribution in [2.75, 3.05) is 0 Å². The molecule has 0 spiro atoms. The van der Waals surface area contributed by atoms with E-state index in [2.05, 4.69) is 0 Å². The van der Waals surface area contributed by atoms with Crippen LogP contribution in [0.3, 0.4) is 0 Å². The van der Waals surface area contributed by atoms with Crippen LogP contribution in [0.5, 0.6) is 0 Å². The third-order valence-electron chi connectivity index (χ3n) is 6.17. The number of aryl methyl sites for hydroxylation is 3. The summed E-state index contributed by atoms with van der Waals surface area (Å²) in [4.78, 5) is 0. The predicted molar refractivity (Wildman–Crippen MR) is 129 cm³/mol. The molecule has 38 heavy (non-hydrogen) atoms. The second-order valence-electron chi connectivity index (χ2n) is 9.86. The van der Waals surface area contributed by atoms with E-state index in [1.165, 1.54) is 39.0 Å². The molecule has 0 aliphatic carbocycles. The Bertz CT molecular complexity index is 1270. The lowest BCUT2D eigenvalue weighted by molar-refractivity contribution is -0.143. The highest BCUT2D eigenvalue weighted by Crippen LogP contribution is 2.36. The van der Waals surface area contributed by atoms with Gasteiger partial charge in [0.15, 0.2) is 6.35 Å². The number of alkyl halides is 9. The smallest absolute Gasteiger partial charge is 0.416 e. The van der Waals surface area contributed by atoms with Crippen LogP contribution in [0.1, 0.15) is 47.2 Å². The molecule has 0 saturated heterocycles. The molecule has 0 fully saturated rings. The molecule has 3 aromatic rings. The maximum atomic E-state index is 13.9. The molecule has 11 heteroatoms. The monoisotopic (exact) mass is 547 g/mol. The molecule has 0 aromatic heterocycles. The molecule has 206 valence electrons. The molecule has 0 bridgehead atoms. The van der Waals surface area contributed by atoms with Gasteiger partial charge in [0, 0.05) is 6.10 Å². The van der Waals surface area contributed by atoms with Crippen LogP contribution >= 0.6 is 0 Å². The van der Waals surface area contributed by atoms with Crippen LogP contribution in [0.15, 0.2) is 54.6 Å². The van der Waals surface area contributed by atoms with Crippen molar-refractivity contribution >= 4 is 22.7 Å². The summed E-state index contributed by atoms with van der Waals surface area (Å²) in [5.74, 6) is 0. The number of hydrogen-bond donors (Lipinski definition) is 0. The predicted octanol–water partition coefficient (Wildman–Crippen LogP) is 7.06. The lowest BCUT2D eigenvalue weighted by Crippen LogP contribution is -2.70. The lowest BCUT2D eigenvalue weighted by Gasteiger charge is -2.46. The van der Waals surface area contributed by atoms with Crippen LogP contribution in [-0.2, 0) is 23.2 Å². The van der Waals surface area contributed by atoms with Crippen LogP contribution < -0.4 is 16.4 Å². The summed E-state index contributed by atoms with van der Waals surface area (Å²) < 4.78 is 131. The Hall–Kier alpha value is -2.95. The molecule has 1 nitrogen and oxygen atoms in total. The Labute approximate surface area is 214 Å². The van der Waals surface area contributed by atoms with Crippen LogP contribution in [0.2, 0.25) is 0 Å². The summed E-state index contributed by atoms with van der Waals surface area (Å²) in [6, 6.07) is 8.70. The van der Waals surface area contributed by atoms with Crippen molar-refractivity contribution in [2.45, 2.75) is 59.3 Å². The Morgan fingerprint density at radius 1 is 0.500 bits per heavy atom. The molecule has 1 atom stereocenters. The summed E-state index contributed by atoms with van der Waals surface area (Å²) in [6.07, 6.45) is -19.2. The van der Waals surface area contributed by atoms with Gasteiger partial charge in [-0.05, 0) is 46.8 Å². The molecule has 0 radical (unpaired) electrons. The second-order valence-corrected chi connectivity index (χ2v) is 9.86. The Morgan fingerprint density at radius 3 is 1.18 bits per heavy atom. The molecule has 0 aliphatic heterocycles. The van der Waals surface area contributed by atoms with E-state index in [0.717, 1.165) is 12.1 Å². The van der Waals surface area contributed by atoms with Gasteiger partial charge in [0.2, 0.25) is 0 Å². The first kappa shape index (κ1) is 29.6. The van der Waals surface area contributed by atoms with Gasteiger partial charge in [-0.2, -0.15) is 55.9 Å². The first-order valence-electron chi connectivity index (χ1n) is 11.6. The van der Waals surface area contributed by atoms with Crippen molar-refractivity contribution in [1.29, 1.82) is 0 Å². The molecule has 0 aliphatic rings. The Balaban J connectivity index is 2.61. The van der Waals surface area contributed by atoms with Gasteiger partial charge in [0.1, 0.15) is 0 Å². The number of rotatable bonds is 5. The van der Waals surface area contributed by atoms with Crippen molar-refractivity contribution in [3.05, 3.63) is 88.0 Å². The van der Waals surface area contributed by atoms with Gasteiger partial charge >= 0.3 is 18.5 Å². The fourth-order valence-corrected chi connectivity index (χ4v) is 4.89. The first-order valence-corrected chi connectivity index (χ1v) is 11.6. The van der Waals surface area contributed by atoms with Gasteiger partial charge in [0.05, 0.1) is 16.7 Å². The third-order valence-corrected chi connectivity index (χ3v) is 6.17. The number of benzene rings is 3. The number of halogens is 9. The third kappa shape index (κ3) is 6.19. The first-order chi connectivity index (χ1) is 17.2. The van der Waals surface area contributed by atoms with Crippen molar-refractivity contribution in [2.24, 2.45) is 0 Å². The van der Waals surface area contributed by atoms with Crippen LogP contribution in [-0.4, -0.2) is 12.5 Å². The van der Waals surface area contributed by atoms with Gasteiger partial charge in [-0.25, -0.2) is 0 Å². The summed E-state index contributed by atoms with van der Waals surface area (Å²) in [6.45, 7) is 7.72. The molecule has 0 amide bonds. The minimum Gasteiger partial charge on any atom is -0.577 e. The molecular formula is C27H25BF9O-. The zero-order valence-corrected chi connectivity index (χ0v) is 21.2. The second kappa shape index (κ2) is 9.98. The van der Waals surface area contributed by atoms with Crippen molar-refractivity contribution in [3.8, 4) is 0 Å². The van der Waals surface area contributed by atoms with Gasteiger partial charge in [0.25, 0.3) is 0 Å². The average Bonchev–Trinajstić information content (AvgIpc) is 2.74. The molecule has 1 unspecified atom stereocenters. The van der Waals surface area contributed by atoms with E-state index in [0.29, 0.717) is 23.3 Å². The Morgan fingerprint density at radius 2 is 0.816 bits per heavy atom. The molecule has 3 rings (SSSR count). The van der Waals surface area contributed by atoms with Gasteiger partial charge in [-0.3, -0.25) is 0 Å². The van der Waals surface area contributed by atoms with E-state index in [9.17, 15) is 39.5 Å². The van der Waals surface area contributed by atoms with Crippen LogP contribution in [0.4, 0.5) is 39.5 Å². The minimum atomic E-state index is -5.16. The van der Waals surface area contributed by atoms with Gasteiger partial charge in [-0.1, -0.05) is 59.2 Å². The summed E-state index contributed by atoms with van der Waals surface area (Å²) in [5.41, 5.74) is -3.53. The average molecular weight is 547 g/mol. The normalized spacial score (nSPS) is 14.6.